The molecule has 1 rings (SSSR count). The Labute approximate surface area is 84.6 Å². The summed E-state index contributed by atoms with van der Waals surface area (Å²) in [6, 6.07) is 6.24. The molecule has 0 aliphatic carbocycles. The zero-order valence-electron chi connectivity index (χ0n) is 8.78. The Kier molecular flexibility index (Phi) is 3.85. The maximum atomic E-state index is 3.92. The van der Waals surface area contributed by atoms with Gasteiger partial charge in [-0.1, -0.05) is 17.7 Å². The number of aliphatic imine (C=N–C) groups is 2. The van der Waals surface area contributed by atoms with Gasteiger partial charge in [-0.05, 0) is 25.5 Å². The predicted octanol–water partition coefficient (Wildman–Crippen LogP) is 2.40. The standard InChI is InChI=1S/C11H15N3/c1-9-4-5-11(10(2)6-9)14-8-13-7-12-3/h4-8H,1-3H3,(H,12,13,14). The lowest BCUT2D eigenvalue weighted by Gasteiger charge is -2.04. The van der Waals surface area contributed by atoms with E-state index >= 15 is 0 Å². The van der Waals surface area contributed by atoms with E-state index in [0.29, 0.717) is 0 Å². The normalized spacial score (nSPS) is 11.4. The summed E-state index contributed by atoms with van der Waals surface area (Å²) in [6.07, 6.45) is 3.13. The van der Waals surface area contributed by atoms with E-state index in [9.17, 15) is 0 Å². The zero-order chi connectivity index (χ0) is 10.4. The average molecular weight is 189 g/mol. The number of nitrogens with zero attached hydrogens (tertiary/aromatic N) is 2. The third-order valence-corrected chi connectivity index (χ3v) is 1.86. The third-order valence-electron chi connectivity index (χ3n) is 1.86. The lowest BCUT2D eigenvalue weighted by molar-refractivity contribution is 1.38. The molecule has 1 aromatic rings. The first-order chi connectivity index (χ1) is 6.74. The lowest BCUT2D eigenvalue weighted by Crippen LogP contribution is -1.97. The first-order valence-electron chi connectivity index (χ1n) is 4.50. The van der Waals surface area contributed by atoms with E-state index in [2.05, 4.69) is 41.3 Å². The molecule has 0 fully saturated rings. The molecule has 0 aliphatic rings. The molecule has 14 heavy (non-hydrogen) atoms. The molecule has 3 heteroatoms. The van der Waals surface area contributed by atoms with Crippen molar-refractivity contribution in [3.8, 4) is 0 Å². The Morgan fingerprint density at radius 3 is 2.71 bits per heavy atom. The van der Waals surface area contributed by atoms with Crippen molar-refractivity contribution in [1.29, 1.82) is 0 Å². The molecule has 3 nitrogen and oxygen atoms in total. The van der Waals surface area contributed by atoms with Gasteiger partial charge in [0.25, 0.3) is 0 Å². The highest BCUT2D eigenvalue weighted by molar-refractivity contribution is 5.82. The average Bonchev–Trinajstić information content (AvgIpc) is 2.15. The molecule has 0 aliphatic heterocycles. The van der Waals surface area contributed by atoms with Crippen LogP contribution in [0.25, 0.3) is 0 Å². The van der Waals surface area contributed by atoms with Gasteiger partial charge in [0.05, 0.1) is 6.34 Å². The third kappa shape index (κ3) is 3.01. The van der Waals surface area contributed by atoms with Gasteiger partial charge in [0.15, 0.2) is 0 Å². The van der Waals surface area contributed by atoms with Crippen LogP contribution in [0.1, 0.15) is 11.1 Å². The van der Waals surface area contributed by atoms with Crippen LogP contribution in [0.15, 0.2) is 28.2 Å². The van der Waals surface area contributed by atoms with Crippen molar-refractivity contribution in [3.63, 3.8) is 0 Å². The van der Waals surface area contributed by atoms with E-state index in [1.807, 2.05) is 6.07 Å². The summed E-state index contributed by atoms with van der Waals surface area (Å²) in [5.41, 5.74) is 3.55. The molecular formula is C11H15N3. The highest BCUT2D eigenvalue weighted by atomic mass is 15.0. The first-order valence-corrected chi connectivity index (χ1v) is 4.50. The highest BCUT2D eigenvalue weighted by Crippen LogP contribution is 2.14. The van der Waals surface area contributed by atoms with Crippen LogP contribution in [0.2, 0.25) is 0 Å². The number of rotatable bonds is 3. The summed E-state index contributed by atoms with van der Waals surface area (Å²) in [7, 11) is 1.69. The van der Waals surface area contributed by atoms with E-state index in [1.54, 1.807) is 13.4 Å². The van der Waals surface area contributed by atoms with Crippen LogP contribution in [0.4, 0.5) is 5.69 Å². The molecule has 0 unspecified atom stereocenters. The molecule has 74 valence electrons. The van der Waals surface area contributed by atoms with Crippen LogP contribution in [0.5, 0.6) is 0 Å². The molecule has 0 saturated carbocycles. The molecule has 0 bridgehead atoms. The molecule has 0 aromatic heterocycles. The van der Waals surface area contributed by atoms with Gasteiger partial charge < -0.3 is 5.32 Å². The van der Waals surface area contributed by atoms with Crippen LogP contribution in [0, 0.1) is 13.8 Å². The van der Waals surface area contributed by atoms with Gasteiger partial charge in [0, 0.05) is 12.7 Å². The topological polar surface area (TPSA) is 36.8 Å². The minimum absolute atomic E-state index is 1.07. The molecule has 1 N–H and O–H groups in total. The van der Waals surface area contributed by atoms with Crippen LogP contribution in [0.3, 0.4) is 0 Å². The Morgan fingerprint density at radius 2 is 2.07 bits per heavy atom. The first kappa shape index (κ1) is 10.4. The van der Waals surface area contributed by atoms with Crippen molar-refractivity contribution in [3.05, 3.63) is 29.3 Å². The fourth-order valence-corrected chi connectivity index (χ4v) is 1.18. The van der Waals surface area contributed by atoms with Crippen molar-refractivity contribution < 1.29 is 0 Å². The molecular weight excluding hydrogens is 174 g/mol. The second-order valence-electron chi connectivity index (χ2n) is 3.11. The summed E-state index contributed by atoms with van der Waals surface area (Å²) >= 11 is 0. The number of hydrogen-bond donors (Lipinski definition) is 1. The minimum atomic E-state index is 1.07. The SMILES string of the molecule is CN=CN=CNc1ccc(C)cc1C. The van der Waals surface area contributed by atoms with Crippen molar-refractivity contribution in [2.24, 2.45) is 9.98 Å². The smallest absolute Gasteiger partial charge is 0.111 e. The van der Waals surface area contributed by atoms with Crippen LogP contribution in [-0.4, -0.2) is 19.7 Å². The van der Waals surface area contributed by atoms with Gasteiger partial charge in [-0.25, -0.2) is 4.99 Å². The second-order valence-corrected chi connectivity index (χ2v) is 3.11. The number of aryl methyl sites for hydroxylation is 2. The van der Waals surface area contributed by atoms with Crippen molar-refractivity contribution in [2.75, 3.05) is 12.4 Å². The van der Waals surface area contributed by atoms with Crippen molar-refractivity contribution in [1.82, 2.24) is 0 Å². The Morgan fingerprint density at radius 1 is 1.29 bits per heavy atom. The van der Waals surface area contributed by atoms with Gasteiger partial charge in [-0.2, -0.15) is 0 Å². The van der Waals surface area contributed by atoms with E-state index in [0.717, 1.165) is 5.69 Å². The van der Waals surface area contributed by atoms with Crippen LogP contribution >= 0.6 is 0 Å². The second kappa shape index (κ2) is 5.17. The molecule has 0 saturated heterocycles. The van der Waals surface area contributed by atoms with E-state index in [-0.39, 0.29) is 0 Å². The van der Waals surface area contributed by atoms with E-state index in [4.69, 9.17) is 0 Å². The van der Waals surface area contributed by atoms with Crippen LogP contribution in [-0.2, 0) is 0 Å². The molecule has 0 radical (unpaired) electrons. The van der Waals surface area contributed by atoms with Crippen molar-refractivity contribution in [2.45, 2.75) is 13.8 Å². The summed E-state index contributed by atoms with van der Waals surface area (Å²) in [6.45, 7) is 4.14. The summed E-state index contributed by atoms with van der Waals surface area (Å²) in [4.78, 5) is 7.66. The monoisotopic (exact) mass is 189 g/mol. The largest absolute Gasteiger partial charge is 0.346 e. The maximum absolute atomic E-state index is 3.92. The predicted molar refractivity (Wildman–Crippen MR) is 62.4 cm³/mol. The van der Waals surface area contributed by atoms with Gasteiger partial charge in [0.1, 0.15) is 6.34 Å². The molecule has 0 atom stereocenters. The zero-order valence-corrected chi connectivity index (χ0v) is 8.78. The number of anilines is 1. The van der Waals surface area contributed by atoms with Gasteiger partial charge in [-0.15, -0.1) is 0 Å². The number of hydrogen-bond acceptors (Lipinski definition) is 1. The fraction of sp³-hybridized carbons (Fsp3) is 0.273. The summed E-state index contributed by atoms with van der Waals surface area (Å²) in [5.74, 6) is 0. The van der Waals surface area contributed by atoms with Crippen molar-refractivity contribution >= 4 is 18.4 Å². The van der Waals surface area contributed by atoms with Crippen LogP contribution < -0.4 is 5.32 Å². The Balaban J connectivity index is 2.68. The molecule has 0 heterocycles. The van der Waals surface area contributed by atoms with E-state index in [1.165, 1.54) is 17.5 Å². The maximum Gasteiger partial charge on any atom is 0.111 e. The minimum Gasteiger partial charge on any atom is -0.346 e. The van der Waals surface area contributed by atoms with Gasteiger partial charge in [0.2, 0.25) is 0 Å². The summed E-state index contributed by atoms with van der Waals surface area (Å²) in [5, 5.41) is 3.09. The Bertz CT molecular complexity index is 354. The molecule has 0 amide bonds. The Hall–Kier alpha value is -1.64. The summed E-state index contributed by atoms with van der Waals surface area (Å²) < 4.78 is 0. The lowest BCUT2D eigenvalue weighted by atomic mass is 10.1. The molecule has 1 aromatic carbocycles. The molecule has 0 spiro atoms. The van der Waals surface area contributed by atoms with Gasteiger partial charge >= 0.3 is 0 Å². The number of benzene rings is 1. The highest BCUT2D eigenvalue weighted by Gasteiger charge is 1.94. The quantitative estimate of drug-likeness (QED) is 0.575. The van der Waals surface area contributed by atoms with Gasteiger partial charge in [-0.3, -0.25) is 4.99 Å². The fourth-order valence-electron chi connectivity index (χ4n) is 1.18. The number of nitrogens with one attached hydrogen (secondary N) is 1. The van der Waals surface area contributed by atoms with E-state index < -0.39 is 0 Å².